The first-order chi connectivity index (χ1) is 10.7. The molecule has 1 fully saturated rings. The van der Waals surface area contributed by atoms with Crippen molar-refractivity contribution >= 4 is 23.2 Å². The first-order valence-corrected chi connectivity index (χ1v) is 9.31. The van der Waals surface area contributed by atoms with Gasteiger partial charge in [-0.3, -0.25) is 4.79 Å². The van der Waals surface area contributed by atoms with Gasteiger partial charge in [0.05, 0.1) is 6.04 Å². The van der Waals surface area contributed by atoms with Crippen LogP contribution >= 0.6 is 11.9 Å². The highest BCUT2D eigenvalue weighted by Gasteiger charge is 2.19. The van der Waals surface area contributed by atoms with E-state index in [1.54, 1.807) is 0 Å². The minimum absolute atomic E-state index is 0.223. The van der Waals surface area contributed by atoms with Crippen molar-refractivity contribution in [3.05, 3.63) is 0 Å². The van der Waals surface area contributed by atoms with Crippen LogP contribution in [0.25, 0.3) is 0 Å². The number of unbranched alkanes of at least 4 members (excludes halogenated alkanes) is 9. The molecule has 1 saturated heterocycles. The summed E-state index contributed by atoms with van der Waals surface area (Å²) in [5.41, 5.74) is 0. The van der Waals surface area contributed by atoms with E-state index >= 15 is 0 Å². The smallest absolute Gasteiger partial charge is 0.382 e. The summed E-state index contributed by atoms with van der Waals surface area (Å²) in [7, 11) is 0. The lowest BCUT2D eigenvalue weighted by Crippen LogP contribution is -2.35. The summed E-state index contributed by atoms with van der Waals surface area (Å²) in [6.07, 6.45) is 13.2. The Labute approximate surface area is 137 Å². The maximum Gasteiger partial charge on any atom is 0.382 e. The Balaban J connectivity index is 1.75. The molecule has 1 heterocycles. The number of rotatable bonds is 13. The summed E-state index contributed by atoms with van der Waals surface area (Å²) in [5.74, 6) is -0.680. The molecule has 5 nitrogen and oxygen atoms in total. The number of nitrogens with one attached hydrogen (secondary N) is 1. The van der Waals surface area contributed by atoms with E-state index in [1.165, 1.54) is 44.9 Å². The van der Waals surface area contributed by atoms with Gasteiger partial charge >= 0.3 is 11.3 Å². The van der Waals surface area contributed by atoms with Gasteiger partial charge in [-0.1, -0.05) is 57.8 Å². The van der Waals surface area contributed by atoms with E-state index in [4.69, 9.17) is 9.84 Å². The van der Waals surface area contributed by atoms with Gasteiger partial charge in [-0.05, 0) is 12.8 Å². The van der Waals surface area contributed by atoms with Crippen LogP contribution in [0.1, 0.15) is 77.0 Å². The topological polar surface area (TPSA) is 75.6 Å². The third-order valence-electron chi connectivity index (χ3n) is 3.90. The molecule has 0 aromatic heterocycles. The number of ether oxygens (including phenoxy) is 1. The fourth-order valence-corrected chi connectivity index (χ4v) is 3.16. The van der Waals surface area contributed by atoms with Gasteiger partial charge in [0.15, 0.2) is 0 Å². The SMILES string of the molecule is O=C(O)CCCCCCCCCCCCC1COC(=O)SN1. The number of hydrogen-bond acceptors (Lipinski definition) is 5. The van der Waals surface area contributed by atoms with Crippen LogP contribution in [-0.2, 0) is 9.53 Å². The molecule has 0 aromatic carbocycles. The van der Waals surface area contributed by atoms with Crippen molar-refractivity contribution in [2.24, 2.45) is 0 Å². The highest BCUT2D eigenvalue weighted by Crippen LogP contribution is 2.16. The second-order valence-electron chi connectivity index (χ2n) is 5.95. The third kappa shape index (κ3) is 10.9. The number of carboxylic acid groups (broad SMARTS) is 1. The Morgan fingerprint density at radius 2 is 1.59 bits per heavy atom. The molecule has 128 valence electrons. The molecule has 22 heavy (non-hydrogen) atoms. The van der Waals surface area contributed by atoms with Crippen molar-refractivity contribution in [1.82, 2.24) is 4.72 Å². The Morgan fingerprint density at radius 3 is 2.09 bits per heavy atom. The average Bonchev–Trinajstić information content (AvgIpc) is 2.50. The molecule has 1 unspecified atom stereocenters. The number of hydrogen-bond donors (Lipinski definition) is 2. The normalized spacial score (nSPS) is 18.2. The van der Waals surface area contributed by atoms with E-state index in [0.717, 1.165) is 37.6 Å². The Kier molecular flexibility index (Phi) is 11.2. The first-order valence-electron chi connectivity index (χ1n) is 8.49. The second kappa shape index (κ2) is 12.8. The zero-order valence-electron chi connectivity index (χ0n) is 13.3. The maximum absolute atomic E-state index is 10.9. The fourth-order valence-electron chi connectivity index (χ4n) is 2.59. The zero-order valence-corrected chi connectivity index (χ0v) is 14.2. The van der Waals surface area contributed by atoms with Gasteiger partial charge in [-0.2, -0.15) is 0 Å². The van der Waals surface area contributed by atoms with Crippen LogP contribution in [0.15, 0.2) is 0 Å². The molecule has 1 atom stereocenters. The van der Waals surface area contributed by atoms with E-state index in [2.05, 4.69) is 4.72 Å². The number of carbonyl (C=O) groups is 2. The molecular formula is C16H29NO4S. The molecular weight excluding hydrogens is 302 g/mol. The lowest BCUT2D eigenvalue weighted by molar-refractivity contribution is -0.137. The largest absolute Gasteiger partial charge is 0.481 e. The lowest BCUT2D eigenvalue weighted by Gasteiger charge is -2.21. The van der Waals surface area contributed by atoms with Crippen molar-refractivity contribution in [1.29, 1.82) is 0 Å². The standard InChI is InChI=1S/C16H29NO4S/c18-15(19)12-10-8-6-4-2-1-3-5-7-9-11-14-13-21-16(20)22-17-14/h14,17H,1-13H2,(H,18,19). The van der Waals surface area contributed by atoms with Gasteiger partial charge < -0.3 is 9.84 Å². The maximum atomic E-state index is 10.9. The highest BCUT2D eigenvalue weighted by atomic mass is 32.2. The van der Waals surface area contributed by atoms with Crippen LogP contribution in [-0.4, -0.2) is 29.0 Å². The van der Waals surface area contributed by atoms with Gasteiger partial charge in [0, 0.05) is 18.4 Å². The van der Waals surface area contributed by atoms with Crippen LogP contribution in [0, 0.1) is 0 Å². The molecule has 6 heteroatoms. The first kappa shape index (κ1) is 19.3. The minimum Gasteiger partial charge on any atom is -0.481 e. The summed E-state index contributed by atoms with van der Waals surface area (Å²) in [6.45, 7) is 0.508. The number of aliphatic carboxylic acids is 1. The third-order valence-corrected chi connectivity index (χ3v) is 4.64. The van der Waals surface area contributed by atoms with E-state index < -0.39 is 5.97 Å². The molecule has 2 N–H and O–H groups in total. The Morgan fingerprint density at radius 1 is 1.05 bits per heavy atom. The van der Waals surface area contributed by atoms with E-state index in [0.29, 0.717) is 19.1 Å². The number of carboxylic acids is 1. The second-order valence-corrected chi connectivity index (χ2v) is 6.72. The van der Waals surface area contributed by atoms with Gasteiger partial charge in [-0.25, -0.2) is 9.52 Å². The molecule has 1 aliphatic heterocycles. The summed E-state index contributed by atoms with van der Waals surface area (Å²) < 4.78 is 8.10. The molecule has 1 rings (SSSR count). The van der Waals surface area contributed by atoms with E-state index in [1.807, 2.05) is 0 Å². The predicted molar refractivity (Wildman–Crippen MR) is 88.9 cm³/mol. The molecule has 0 amide bonds. The molecule has 0 bridgehead atoms. The molecule has 0 spiro atoms. The van der Waals surface area contributed by atoms with Crippen molar-refractivity contribution < 1.29 is 19.4 Å². The van der Waals surface area contributed by atoms with E-state index in [9.17, 15) is 9.59 Å². The summed E-state index contributed by atoms with van der Waals surface area (Å²) >= 11 is 1.07. The number of carbonyl (C=O) groups excluding carboxylic acids is 1. The molecule has 0 saturated carbocycles. The van der Waals surface area contributed by atoms with Gasteiger partial charge in [0.25, 0.3) is 0 Å². The van der Waals surface area contributed by atoms with Crippen molar-refractivity contribution in [2.45, 2.75) is 83.1 Å². The Hall–Kier alpha value is -0.750. The fraction of sp³-hybridized carbons (Fsp3) is 0.875. The van der Waals surface area contributed by atoms with Crippen molar-refractivity contribution in [2.75, 3.05) is 6.61 Å². The Bertz CT molecular complexity index is 315. The van der Waals surface area contributed by atoms with Gasteiger partial charge in [0.2, 0.25) is 0 Å². The van der Waals surface area contributed by atoms with Crippen LogP contribution in [0.2, 0.25) is 0 Å². The average molecular weight is 331 g/mol. The quantitative estimate of drug-likeness (QED) is 0.294. The molecule has 1 aliphatic rings. The van der Waals surface area contributed by atoms with Gasteiger partial charge in [0.1, 0.15) is 6.61 Å². The molecule has 0 aromatic rings. The monoisotopic (exact) mass is 331 g/mol. The van der Waals surface area contributed by atoms with Crippen LogP contribution in [0.4, 0.5) is 4.79 Å². The summed E-state index contributed by atoms with van der Waals surface area (Å²) in [4.78, 5) is 21.2. The van der Waals surface area contributed by atoms with Crippen LogP contribution < -0.4 is 4.72 Å². The minimum atomic E-state index is -0.680. The lowest BCUT2D eigenvalue weighted by atomic mass is 10.0. The van der Waals surface area contributed by atoms with Crippen molar-refractivity contribution in [3.8, 4) is 0 Å². The zero-order chi connectivity index (χ0) is 16.0. The highest BCUT2D eigenvalue weighted by molar-refractivity contribution is 8.11. The predicted octanol–water partition coefficient (Wildman–Crippen LogP) is 4.51. The van der Waals surface area contributed by atoms with Crippen LogP contribution in [0.5, 0.6) is 0 Å². The summed E-state index contributed by atoms with van der Waals surface area (Å²) in [5, 5.41) is 8.30. The van der Waals surface area contributed by atoms with Gasteiger partial charge in [-0.15, -0.1) is 0 Å². The molecule has 0 aliphatic carbocycles. The van der Waals surface area contributed by atoms with Crippen LogP contribution in [0.3, 0.4) is 0 Å². The van der Waals surface area contributed by atoms with Crippen molar-refractivity contribution in [3.63, 3.8) is 0 Å². The summed E-state index contributed by atoms with van der Waals surface area (Å²) in [6, 6.07) is 0.313. The van der Waals surface area contributed by atoms with E-state index in [-0.39, 0.29) is 5.30 Å². The molecule has 0 radical (unpaired) electrons. The number of cyclic esters (lactones) is 1.